The highest BCUT2D eigenvalue weighted by molar-refractivity contribution is 5.97. The molecular weight excluding hydrogens is 302 g/mol. The first-order valence-corrected chi connectivity index (χ1v) is 9.15. The van der Waals surface area contributed by atoms with Crippen LogP contribution in [0.5, 0.6) is 0 Å². The van der Waals surface area contributed by atoms with Gasteiger partial charge in [0.2, 0.25) is 5.91 Å². The summed E-state index contributed by atoms with van der Waals surface area (Å²) in [4.78, 5) is 27.0. The number of amides is 3. The predicted molar refractivity (Wildman–Crippen MR) is 92.6 cm³/mol. The van der Waals surface area contributed by atoms with Gasteiger partial charge in [-0.15, -0.1) is 0 Å². The van der Waals surface area contributed by atoms with Crippen molar-refractivity contribution < 1.29 is 9.59 Å². The number of anilines is 1. The third-order valence-electron chi connectivity index (χ3n) is 5.41. The van der Waals surface area contributed by atoms with E-state index in [-0.39, 0.29) is 18.0 Å². The molecular formula is C19H25N3O2. The Balaban J connectivity index is 1.38. The van der Waals surface area contributed by atoms with Gasteiger partial charge in [-0.05, 0) is 62.5 Å². The fourth-order valence-electron chi connectivity index (χ4n) is 3.79. The largest absolute Gasteiger partial charge is 0.335 e. The van der Waals surface area contributed by atoms with Crippen molar-refractivity contribution >= 4 is 17.6 Å². The van der Waals surface area contributed by atoms with Crippen LogP contribution in [0.3, 0.4) is 0 Å². The predicted octanol–water partition coefficient (Wildman–Crippen LogP) is 2.99. The Morgan fingerprint density at radius 1 is 1.00 bits per heavy atom. The number of nitrogens with one attached hydrogen (secondary N) is 2. The van der Waals surface area contributed by atoms with Crippen LogP contribution < -0.4 is 10.6 Å². The van der Waals surface area contributed by atoms with Crippen molar-refractivity contribution in [2.24, 2.45) is 11.8 Å². The highest BCUT2D eigenvalue weighted by Gasteiger charge is 2.44. The maximum atomic E-state index is 12.7. The summed E-state index contributed by atoms with van der Waals surface area (Å²) < 4.78 is 0. The highest BCUT2D eigenvalue weighted by Crippen LogP contribution is 2.44. The molecule has 1 aromatic carbocycles. The lowest BCUT2D eigenvalue weighted by Gasteiger charge is -2.27. The molecule has 24 heavy (non-hydrogen) atoms. The van der Waals surface area contributed by atoms with Crippen LogP contribution in [0.15, 0.2) is 30.3 Å². The minimum absolute atomic E-state index is 0.0514. The third kappa shape index (κ3) is 3.40. The summed E-state index contributed by atoms with van der Waals surface area (Å²) in [7, 11) is 0. The van der Waals surface area contributed by atoms with Gasteiger partial charge in [0, 0.05) is 18.3 Å². The van der Waals surface area contributed by atoms with Crippen LogP contribution in [0.1, 0.15) is 38.5 Å². The number of benzene rings is 1. The van der Waals surface area contributed by atoms with Gasteiger partial charge in [-0.1, -0.05) is 18.2 Å². The second kappa shape index (κ2) is 6.46. The molecule has 1 atom stereocenters. The van der Waals surface area contributed by atoms with Crippen LogP contribution in [-0.4, -0.2) is 35.5 Å². The molecule has 3 aliphatic rings. The third-order valence-corrected chi connectivity index (χ3v) is 5.41. The number of hydrogen-bond donors (Lipinski definition) is 2. The van der Waals surface area contributed by atoms with E-state index in [1.807, 2.05) is 30.3 Å². The van der Waals surface area contributed by atoms with Gasteiger partial charge in [-0.3, -0.25) is 4.79 Å². The molecule has 2 saturated carbocycles. The zero-order valence-corrected chi connectivity index (χ0v) is 13.9. The molecule has 0 radical (unpaired) electrons. The quantitative estimate of drug-likeness (QED) is 0.873. The van der Waals surface area contributed by atoms with Crippen LogP contribution >= 0.6 is 0 Å². The smallest absolute Gasteiger partial charge is 0.318 e. The molecule has 1 aliphatic heterocycles. The number of likely N-dealkylation sites (tertiary alicyclic amines) is 1. The Kier molecular flexibility index (Phi) is 4.17. The van der Waals surface area contributed by atoms with Crippen molar-refractivity contribution in [1.82, 2.24) is 10.2 Å². The first-order chi connectivity index (χ1) is 11.7. The summed E-state index contributed by atoms with van der Waals surface area (Å²) >= 11 is 0. The highest BCUT2D eigenvalue weighted by atomic mass is 16.2. The van der Waals surface area contributed by atoms with Gasteiger partial charge in [0.25, 0.3) is 0 Å². The van der Waals surface area contributed by atoms with Crippen molar-refractivity contribution in [3.63, 3.8) is 0 Å². The lowest BCUT2D eigenvalue weighted by molar-refractivity contribution is -0.119. The van der Waals surface area contributed by atoms with Crippen LogP contribution in [0.25, 0.3) is 0 Å². The van der Waals surface area contributed by atoms with Gasteiger partial charge in [0.15, 0.2) is 0 Å². The second-order valence-electron chi connectivity index (χ2n) is 7.36. The van der Waals surface area contributed by atoms with Crippen LogP contribution in [0.4, 0.5) is 10.5 Å². The van der Waals surface area contributed by atoms with E-state index in [0.29, 0.717) is 24.4 Å². The molecule has 2 aliphatic carbocycles. The average molecular weight is 327 g/mol. The topological polar surface area (TPSA) is 61.4 Å². The van der Waals surface area contributed by atoms with Gasteiger partial charge in [-0.2, -0.15) is 0 Å². The van der Waals surface area contributed by atoms with E-state index in [1.165, 1.54) is 25.7 Å². The molecule has 0 bridgehead atoms. The zero-order chi connectivity index (χ0) is 16.5. The maximum absolute atomic E-state index is 12.7. The fourth-order valence-corrected chi connectivity index (χ4v) is 3.79. The molecule has 0 unspecified atom stereocenters. The molecule has 5 heteroatoms. The van der Waals surface area contributed by atoms with E-state index in [9.17, 15) is 9.59 Å². The maximum Gasteiger partial charge on any atom is 0.318 e. The fraction of sp³-hybridized carbons (Fsp3) is 0.579. The number of urea groups is 1. The number of hydrogen-bond acceptors (Lipinski definition) is 2. The Bertz CT molecular complexity index is 598. The van der Waals surface area contributed by atoms with Crippen LogP contribution in [-0.2, 0) is 4.79 Å². The van der Waals surface area contributed by atoms with E-state index in [1.54, 1.807) is 4.90 Å². The second-order valence-corrected chi connectivity index (χ2v) is 7.36. The van der Waals surface area contributed by atoms with Crippen molar-refractivity contribution in [3.8, 4) is 0 Å². The molecule has 1 heterocycles. The summed E-state index contributed by atoms with van der Waals surface area (Å²) in [5.74, 6) is 1.25. The van der Waals surface area contributed by atoms with Gasteiger partial charge < -0.3 is 15.5 Å². The minimum atomic E-state index is -0.357. The molecule has 2 N–H and O–H groups in total. The standard InChI is InChI=1S/C19H25N3O2/c23-18(20-15-5-2-1-3-6-15)16-7-4-12-22(16)19(24)21-17(13-8-9-13)14-10-11-14/h1-3,5-6,13-14,16-17H,4,7-12H2,(H,20,23)(H,21,24)/t16-/m1/s1. The first kappa shape index (κ1) is 15.5. The first-order valence-electron chi connectivity index (χ1n) is 9.15. The molecule has 3 amide bonds. The van der Waals surface area contributed by atoms with Gasteiger partial charge in [-0.25, -0.2) is 4.79 Å². The zero-order valence-electron chi connectivity index (χ0n) is 13.9. The Hall–Kier alpha value is -2.04. The van der Waals surface area contributed by atoms with Gasteiger partial charge in [0.05, 0.1) is 0 Å². The molecule has 0 spiro atoms. The summed E-state index contributed by atoms with van der Waals surface area (Å²) in [6.45, 7) is 0.667. The number of carbonyl (C=O) groups excluding carboxylic acids is 2. The summed E-state index contributed by atoms with van der Waals surface area (Å²) in [6, 6.07) is 9.36. The Morgan fingerprint density at radius 3 is 2.29 bits per heavy atom. The average Bonchev–Trinajstić information content (AvgIpc) is 3.52. The van der Waals surface area contributed by atoms with E-state index in [0.717, 1.165) is 18.5 Å². The molecule has 128 valence electrons. The molecule has 1 aromatic rings. The monoisotopic (exact) mass is 327 g/mol. The van der Waals surface area contributed by atoms with Gasteiger partial charge in [0.1, 0.15) is 6.04 Å². The van der Waals surface area contributed by atoms with E-state index >= 15 is 0 Å². The molecule has 3 fully saturated rings. The number of rotatable bonds is 5. The lowest BCUT2D eigenvalue weighted by Crippen LogP contribution is -2.51. The van der Waals surface area contributed by atoms with E-state index in [4.69, 9.17) is 0 Å². The van der Waals surface area contributed by atoms with Crippen LogP contribution in [0, 0.1) is 11.8 Å². The summed E-state index contributed by atoms with van der Waals surface area (Å²) in [5.41, 5.74) is 0.781. The SMILES string of the molecule is O=C(Nc1ccccc1)[C@H]1CCCN1C(=O)NC(C1CC1)C1CC1. The number of carbonyl (C=O) groups is 2. The van der Waals surface area contributed by atoms with Crippen molar-refractivity contribution in [1.29, 1.82) is 0 Å². The Morgan fingerprint density at radius 2 is 1.67 bits per heavy atom. The molecule has 4 rings (SSSR count). The molecule has 0 aromatic heterocycles. The minimum Gasteiger partial charge on any atom is -0.335 e. The Labute approximate surface area is 142 Å². The van der Waals surface area contributed by atoms with Crippen molar-refractivity contribution in [2.75, 3.05) is 11.9 Å². The molecule has 1 saturated heterocycles. The molecule has 5 nitrogen and oxygen atoms in total. The number of nitrogens with zero attached hydrogens (tertiary/aromatic N) is 1. The van der Waals surface area contributed by atoms with Crippen molar-refractivity contribution in [2.45, 2.75) is 50.6 Å². The van der Waals surface area contributed by atoms with Crippen LogP contribution in [0.2, 0.25) is 0 Å². The normalized spacial score (nSPS) is 23.4. The van der Waals surface area contributed by atoms with Crippen molar-refractivity contribution in [3.05, 3.63) is 30.3 Å². The summed E-state index contributed by atoms with van der Waals surface area (Å²) in [6.07, 6.45) is 6.57. The lowest BCUT2D eigenvalue weighted by atomic mass is 10.1. The summed E-state index contributed by atoms with van der Waals surface area (Å²) in [5, 5.41) is 6.17. The van der Waals surface area contributed by atoms with E-state index < -0.39 is 0 Å². The van der Waals surface area contributed by atoms with Gasteiger partial charge >= 0.3 is 6.03 Å². The number of para-hydroxylation sites is 1. The van der Waals surface area contributed by atoms with E-state index in [2.05, 4.69) is 10.6 Å².